The molecular weight excluding hydrogens is 471 g/mol. The normalized spacial score (nSPS) is 11.9. The second-order valence-electron chi connectivity index (χ2n) is 7.40. The molecule has 12 heteroatoms. The van der Waals surface area contributed by atoms with Gasteiger partial charge in [-0.25, -0.2) is 22.7 Å². The Morgan fingerprint density at radius 2 is 1.94 bits per heavy atom. The van der Waals surface area contributed by atoms with Gasteiger partial charge in [-0.2, -0.15) is 5.26 Å². The van der Waals surface area contributed by atoms with Crippen molar-refractivity contribution in [2.45, 2.75) is 17.9 Å². The smallest absolute Gasteiger partial charge is 0.414 e. The van der Waals surface area contributed by atoms with Crippen molar-refractivity contribution in [1.82, 2.24) is 9.62 Å². The van der Waals surface area contributed by atoms with Crippen molar-refractivity contribution in [3.8, 4) is 11.8 Å². The number of nitrogens with one attached hydrogen (secondary N) is 1. The third-order valence-electron chi connectivity index (χ3n) is 5.10. The quantitative estimate of drug-likeness (QED) is 0.401. The van der Waals surface area contributed by atoms with E-state index in [4.69, 9.17) is 14.9 Å². The Bertz CT molecular complexity index is 1460. The maximum atomic E-state index is 12.8. The molecule has 0 saturated carbocycles. The van der Waals surface area contributed by atoms with Crippen LogP contribution in [0.5, 0.6) is 5.75 Å². The number of carbonyl (C=O) groups excluding carboxylic acids is 1. The predicted octanol–water partition coefficient (Wildman–Crippen LogP) is 1.61. The van der Waals surface area contributed by atoms with Crippen molar-refractivity contribution in [3.05, 3.63) is 69.1 Å². The van der Waals surface area contributed by atoms with Gasteiger partial charge in [-0.3, -0.25) is 0 Å². The number of benzene rings is 2. The number of rotatable bonds is 5. The fourth-order valence-corrected chi connectivity index (χ4v) is 4.05. The Morgan fingerprint density at radius 1 is 1.26 bits per heavy atom. The fraction of sp³-hybridized carbons (Fsp3) is 0.227. The second-order valence-corrected chi connectivity index (χ2v) is 9.29. The maximum Gasteiger partial charge on any atom is 0.414 e. The molecule has 0 saturated heterocycles. The van der Waals surface area contributed by atoms with E-state index in [2.05, 4.69) is 4.72 Å². The molecule has 1 aromatic heterocycles. The molecule has 0 bridgehead atoms. The summed E-state index contributed by atoms with van der Waals surface area (Å²) in [7, 11) is 0.564. The van der Waals surface area contributed by atoms with Crippen LogP contribution >= 0.6 is 0 Å². The SMILES string of the molecule is CNS(=O)(=O)c1cccc(C(N)c2c(C)c3cc(C#N)c(OC(=O)N(C)C)cc3oc2=O)c1.[Na]. The van der Waals surface area contributed by atoms with Crippen LogP contribution in [-0.2, 0) is 10.0 Å². The molecule has 0 aliphatic carbocycles. The van der Waals surface area contributed by atoms with Gasteiger partial charge in [0, 0.05) is 55.1 Å². The molecule has 1 heterocycles. The minimum Gasteiger partial charge on any atom is -0.422 e. The molecule has 10 nitrogen and oxygen atoms in total. The summed E-state index contributed by atoms with van der Waals surface area (Å²) in [5, 5.41) is 9.96. The van der Waals surface area contributed by atoms with Gasteiger partial charge in [-0.15, -0.1) is 0 Å². The number of hydrogen-bond acceptors (Lipinski definition) is 8. The average Bonchev–Trinajstić information content (AvgIpc) is 2.78. The van der Waals surface area contributed by atoms with E-state index in [9.17, 15) is 23.3 Å². The van der Waals surface area contributed by atoms with Crippen molar-refractivity contribution in [2.24, 2.45) is 5.73 Å². The third-order valence-corrected chi connectivity index (χ3v) is 6.51. The summed E-state index contributed by atoms with van der Waals surface area (Å²) in [5.74, 6) is -0.0479. The molecule has 2 aromatic carbocycles. The van der Waals surface area contributed by atoms with Crippen molar-refractivity contribution in [3.63, 3.8) is 0 Å². The van der Waals surface area contributed by atoms with Crippen molar-refractivity contribution in [1.29, 1.82) is 5.26 Å². The van der Waals surface area contributed by atoms with E-state index in [1.807, 2.05) is 6.07 Å². The van der Waals surface area contributed by atoms with Gasteiger partial charge < -0.3 is 19.8 Å². The molecule has 3 aromatic rings. The molecule has 1 atom stereocenters. The maximum absolute atomic E-state index is 12.8. The number of nitriles is 1. The Kier molecular flexibility index (Phi) is 8.65. The van der Waals surface area contributed by atoms with Crippen LogP contribution in [0.15, 0.2) is 50.5 Å². The second kappa shape index (κ2) is 10.7. The molecule has 0 spiro atoms. The third kappa shape index (κ3) is 5.33. The van der Waals surface area contributed by atoms with Gasteiger partial charge in [0.1, 0.15) is 11.7 Å². The summed E-state index contributed by atoms with van der Waals surface area (Å²) in [4.78, 5) is 25.9. The largest absolute Gasteiger partial charge is 0.422 e. The van der Waals surface area contributed by atoms with E-state index in [1.165, 1.54) is 56.4 Å². The monoisotopic (exact) mass is 493 g/mol. The number of carbonyl (C=O) groups is 1. The van der Waals surface area contributed by atoms with Crippen molar-refractivity contribution >= 4 is 56.6 Å². The summed E-state index contributed by atoms with van der Waals surface area (Å²) in [6.45, 7) is 1.65. The minimum absolute atomic E-state index is 0. The summed E-state index contributed by atoms with van der Waals surface area (Å²) < 4.78 is 37.2. The van der Waals surface area contributed by atoms with E-state index in [0.717, 1.165) is 0 Å². The van der Waals surface area contributed by atoms with Crippen LogP contribution < -0.4 is 20.8 Å². The average molecular weight is 493 g/mol. The van der Waals surface area contributed by atoms with Crippen LogP contribution in [0.1, 0.15) is 28.3 Å². The first-order valence-corrected chi connectivity index (χ1v) is 11.2. The van der Waals surface area contributed by atoms with Gasteiger partial charge in [-0.1, -0.05) is 12.1 Å². The molecule has 1 unspecified atom stereocenters. The van der Waals surface area contributed by atoms with Crippen molar-refractivity contribution in [2.75, 3.05) is 21.1 Å². The number of amides is 1. The molecule has 3 rings (SSSR count). The topological polar surface area (TPSA) is 156 Å². The van der Waals surface area contributed by atoms with Crippen molar-refractivity contribution < 1.29 is 22.4 Å². The van der Waals surface area contributed by atoms with E-state index in [1.54, 1.807) is 13.0 Å². The summed E-state index contributed by atoms with van der Waals surface area (Å²) in [5.41, 5.74) is 6.75. The molecule has 0 fully saturated rings. The van der Waals surface area contributed by atoms with Gasteiger partial charge in [0.2, 0.25) is 10.0 Å². The Hall–Kier alpha value is -2.72. The number of ether oxygens (including phenoxy) is 1. The molecular formula is C22H22N4NaO6S. The van der Waals surface area contributed by atoms with Crippen LogP contribution in [0.2, 0.25) is 0 Å². The van der Waals surface area contributed by atoms with Crippen LogP contribution in [0, 0.1) is 18.3 Å². The molecule has 1 amide bonds. The number of nitrogens with zero attached hydrogens (tertiary/aromatic N) is 2. The number of sulfonamides is 1. The molecule has 0 aliphatic rings. The van der Waals surface area contributed by atoms with E-state index < -0.39 is 27.8 Å². The van der Waals surface area contributed by atoms with Crippen LogP contribution in [-0.4, -0.2) is 70.1 Å². The van der Waals surface area contributed by atoms with E-state index in [0.29, 0.717) is 16.5 Å². The van der Waals surface area contributed by atoms with Crippen LogP contribution in [0.4, 0.5) is 4.79 Å². The van der Waals surface area contributed by atoms with Gasteiger partial charge in [-0.05, 0) is 43.3 Å². The number of hydrogen-bond donors (Lipinski definition) is 2. The first kappa shape index (κ1) is 27.5. The van der Waals surface area contributed by atoms with E-state index in [-0.39, 0.29) is 56.9 Å². The summed E-state index contributed by atoms with van der Waals surface area (Å²) in [6.07, 6.45) is -0.694. The van der Waals surface area contributed by atoms with Crippen LogP contribution in [0.3, 0.4) is 0 Å². The van der Waals surface area contributed by atoms with E-state index >= 15 is 0 Å². The zero-order valence-electron chi connectivity index (χ0n) is 19.4. The van der Waals surface area contributed by atoms with Gasteiger partial charge in [0.15, 0.2) is 5.75 Å². The van der Waals surface area contributed by atoms with Gasteiger partial charge in [0.05, 0.1) is 22.1 Å². The first-order chi connectivity index (χ1) is 15.5. The molecule has 173 valence electrons. The molecule has 3 N–H and O–H groups in total. The predicted molar refractivity (Wildman–Crippen MR) is 126 cm³/mol. The molecule has 0 aliphatic heterocycles. The minimum atomic E-state index is -3.71. The number of nitrogens with two attached hydrogens (primary N) is 1. The first-order valence-electron chi connectivity index (χ1n) is 9.69. The number of aryl methyl sites for hydroxylation is 1. The summed E-state index contributed by atoms with van der Waals surface area (Å²) >= 11 is 0. The molecule has 1 radical (unpaired) electrons. The Balaban J connectivity index is 0.00000408. The zero-order valence-corrected chi connectivity index (χ0v) is 22.2. The molecule has 34 heavy (non-hydrogen) atoms. The Morgan fingerprint density at radius 3 is 2.53 bits per heavy atom. The van der Waals surface area contributed by atoms with Crippen LogP contribution in [0.25, 0.3) is 11.0 Å². The number of fused-ring (bicyclic) bond motifs is 1. The zero-order chi connectivity index (χ0) is 24.5. The summed E-state index contributed by atoms with van der Waals surface area (Å²) in [6, 6.07) is 9.64. The van der Waals surface area contributed by atoms with Gasteiger partial charge in [0.25, 0.3) is 0 Å². The standard InChI is InChI=1S/C22H22N4O6S.Na/c1-12-16-9-14(11-23)17(32-22(28)26(3)4)10-18(16)31-21(27)19(12)20(24)13-6-5-7-15(8-13)33(29,30)25-2;/h5-10,20,25H,24H2,1-4H3;. The fourth-order valence-electron chi connectivity index (χ4n) is 3.27. The Labute approximate surface area is 218 Å². The van der Waals surface area contributed by atoms with Gasteiger partial charge >= 0.3 is 11.7 Å².